The number of fused-ring (bicyclic) bond motifs is 1. The SMILES string of the molecule is COc1ccc(C(=O)CC2(O)C(=O)N(CCOc3ccc(C)cc3)c3ccccc32)cc1[N+](=O)[O-]. The molecule has 35 heavy (non-hydrogen) atoms. The largest absolute Gasteiger partial charge is 0.492 e. The molecule has 4 rings (SSSR count). The molecule has 1 atom stereocenters. The number of nitro groups is 1. The second-order valence-corrected chi connectivity index (χ2v) is 8.24. The van der Waals surface area contributed by atoms with Crippen molar-refractivity contribution in [1.82, 2.24) is 0 Å². The highest BCUT2D eigenvalue weighted by molar-refractivity contribution is 6.10. The number of para-hydroxylation sites is 1. The minimum Gasteiger partial charge on any atom is -0.492 e. The van der Waals surface area contributed by atoms with Gasteiger partial charge >= 0.3 is 5.69 Å². The van der Waals surface area contributed by atoms with Crippen molar-refractivity contribution >= 4 is 23.1 Å². The maximum atomic E-state index is 13.4. The van der Waals surface area contributed by atoms with Crippen LogP contribution in [0.3, 0.4) is 0 Å². The zero-order valence-electron chi connectivity index (χ0n) is 19.3. The van der Waals surface area contributed by atoms with Crippen molar-refractivity contribution in [3.05, 3.63) is 93.5 Å². The summed E-state index contributed by atoms with van der Waals surface area (Å²) < 4.78 is 10.7. The zero-order chi connectivity index (χ0) is 25.2. The predicted molar refractivity (Wildman–Crippen MR) is 128 cm³/mol. The number of aliphatic hydroxyl groups is 1. The second kappa shape index (κ2) is 9.55. The number of Topliss-reactive ketones (excluding diaryl/α,β-unsaturated/α-hetero) is 1. The van der Waals surface area contributed by atoms with Crippen LogP contribution in [0.5, 0.6) is 11.5 Å². The van der Waals surface area contributed by atoms with E-state index in [1.807, 2.05) is 31.2 Å². The number of ketones is 1. The van der Waals surface area contributed by atoms with Gasteiger partial charge in [-0.1, -0.05) is 35.9 Å². The van der Waals surface area contributed by atoms with E-state index in [0.29, 0.717) is 17.0 Å². The lowest BCUT2D eigenvalue weighted by atomic mass is 9.88. The highest BCUT2D eigenvalue weighted by Gasteiger charge is 2.50. The van der Waals surface area contributed by atoms with Gasteiger partial charge in [-0.2, -0.15) is 0 Å². The highest BCUT2D eigenvalue weighted by Crippen LogP contribution is 2.43. The van der Waals surface area contributed by atoms with Gasteiger partial charge in [-0.25, -0.2) is 0 Å². The third-order valence-corrected chi connectivity index (χ3v) is 5.96. The molecule has 1 heterocycles. The lowest BCUT2D eigenvalue weighted by Gasteiger charge is -2.23. The van der Waals surface area contributed by atoms with E-state index < -0.39 is 28.6 Å². The number of amides is 1. The van der Waals surface area contributed by atoms with Gasteiger partial charge in [-0.05, 0) is 37.3 Å². The first-order valence-corrected chi connectivity index (χ1v) is 10.9. The van der Waals surface area contributed by atoms with Crippen molar-refractivity contribution in [3.63, 3.8) is 0 Å². The lowest BCUT2D eigenvalue weighted by Crippen LogP contribution is -2.43. The number of rotatable bonds is 9. The summed E-state index contributed by atoms with van der Waals surface area (Å²) >= 11 is 0. The molecule has 0 bridgehead atoms. The Labute approximate surface area is 201 Å². The van der Waals surface area contributed by atoms with Gasteiger partial charge in [-0.15, -0.1) is 0 Å². The van der Waals surface area contributed by atoms with E-state index in [0.717, 1.165) is 11.6 Å². The smallest absolute Gasteiger partial charge is 0.311 e. The van der Waals surface area contributed by atoms with E-state index in [1.54, 1.807) is 24.3 Å². The van der Waals surface area contributed by atoms with Gasteiger partial charge in [0.2, 0.25) is 0 Å². The number of carbonyl (C=O) groups is 2. The quantitative estimate of drug-likeness (QED) is 0.283. The predicted octanol–water partition coefficient (Wildman–Crippen LogP) is 3.80. The van der Waals surface area contributed by atoms with Crippen molar-refractivity contribution < 1.29 is 29.1 Å². The van der Waals surface area contributed by atoms with E-state index in [9.17, 15) is 24.8 Å². The van der Waals surface area contributed by atoms with E-state index in [-0.39, 0.29) is 30.2 Å². The summed E-state index contributed by atoms with van der Waals surface area (Å²) in [6.45, 7) is 2.31. The Kier molecular flexibility index (Phi) is 6.52. The van der Waals surface area contributed by atoms with Crippen molar-refractivity contribution in [3.8, 4) is 11.5 Å². The summed E-state index contributed by atoms with van der Waals surface area (Å²) in [5.41, 5.74) is -0.599. The Bertz CT molecular complexity index is 1290. The summed E-state index contributed by atoms with van der Waals surface area (Å²) in [4.78, 5) is 38.5. The minimum atomic E-state index is -2.10. The maximum Gasteiger partial charge on any atom is 0.311 e. The maximum absolute atomic E-state index is 13.4. The number of hydrogen-bond acceptors (Lipinski definition) is 7. The van der Waals surface area contributed by atoms with Crippen LogP contribution in [0.4, 0.5) is 11.4 Å². The molecule has 9 heteroatoms. The van der Waals surface area contributed by atoms with Gasteiger partial charge < -0.3 is 19.5 Å². The van der Waals surface area contributed by atoms with Crippen molar-refractivity contribution in [2.45, 2.75) is 18.9 Å². The number of nitrogens with zero attached hydrogens (tertiary/aromatic N) is 2. The van der Waals surface area contributed by atoms with Gasteiger partial charge in [0.05, 0.1) is 30.7 Å². The topological polar surface area (TPSA) is 119 Å². The van der Waals surface area contributed by atoms with Crippen LogP contribution in [0.25, 0.3) is 0 Å². The second-order valence-electron chi connectivity index (χ2n) is 8.24. The molecule has 1 unspecified atom stereocenters. The fraction of sp³-hybridized carbons (Fsp3) is 0.231. The molecule has 3 aromatic rings. The Morgan fingerprint density at radius 3 is 2.51 bits per heavy atom. The number of ether oxygens (including phenoxy) is 2. The third kappa shape index (κ3) is 4.58. The van der Waals surface area contributed by atoms with E-state index in [1.165, 1.54) is 24.1 Å². The lowest BCUT2D eigenvalue weighted by molar-refractivity contribution is -0.385. The van der Waals surface area contributed by atoms with Gasteiger partial charge in [-0.3, -0.25) is 19.7 Å². The first kappa shape index (κ1) is 23.9. The Morgan fingerprint density at radius 2 is 1.83 bits per heavy atom. The van der Waals surface area contributed by atoms with Gasteiger partial charge in [0.25, 0.3) is 5.91 Å². The number of aryl methyl sites for hydroxylation is 1. The number of anilines is 1. The van der Waals surface area contributed by atoms with Crippen LogP contribution in [0.2, 0.25) is 0 Å². The number of hydrogen-bond donors (Lipinski definition) is 1. The number of benzene rings is 3. The summed E-state index contributed by atoms with van der Waals surface area (Å²) in [7, 11) is 1.29. The monoisotopic (exact) mass is 476 g/mol. The van der Waals surface area contributed by atoms with E-state index in [4.69, 9.17) is 9.47 Å². The van der Waals surface area contributed by atoms with Crippen molar-refractivity contribution in [2.75, 3.05) is 25.2 Å². The van der Waals surface area contributed by atoms with Crippen LogP contribution in [0, 0.1) is 17.0 Å². The van der Waals surface area contributed by atoms with Crippen LogP contribution in [0.15, 0.2) is 66.7 Å². The summed E-state index contributed by atoms with van der Waals surface area (Å²) in [6.07, 6.45) is -0.568. The molecule has 9 nitrogen and oxygen atoms in total. The zero-order valence-corrected chi connectivity index (χ0v) is 19.3. The molecule has 0 radical (unpaired) electrons. The Balaban J connectivity index is 1.55. The van der Waals surface area contributed by atoms with Crippen LogP contribution in [-0.4, -0.2) is 42.0 Å². The summed E-state index contributed by atoms with van der Waals surface area (Å²) in [5, 5.41) is 22.8. The molecule has 0 saturated carbocycles. The fourth-order valence-electron chi connectivity index (χ4n) is 4.13. The molecule has 1 amide bonds. The first-order chi connectivity index (χ1) is 16.7. The number of nitro benzene ring substituents is 1. The molecule has 3 aromatic carbocycles. The molecule has 1 aliphatic heterocycles. The molecule has 0 saturated heterocycles. The molecule has 0 spiro atoms. The minimum absolute atomic E-state index is 0.00244. The summed E-state index contributed by atoms with van der Waals surface area (Å²) in [6, 6.07) is 18.0. The highest BCUT2D eigenvalue weighted by atomic mass is 16.6. The fourth-order valence-corrected chi connectivity index (χ4v) is 4.13. The Morgan fingerprint density at radius 1 is 1.11 bits per heavy atom. The normalized spacial score (nSPS) is 16.7. The average molecular weight is 476 g/mol. The Hall–Kier alpha value is -4.24. The third-order valence-electron chi connectivity index (χ3n) is 5.96. The molecule has 1 aliphatic rings. The van der Waals surface area contributed by atoms with E-state index >= 15 is 0 Å². The molecule has 180 valence electrons. The van der Waals surface area contributed by atoms with Crippen LogP contribution in [-0.2, 0) is 10.4 Å². The van der Waals surface area contributed by atoms with E-state index in [2.05, 4.69) is 0 Å². The molecule has 0 aromatic heterocycles. The van der Waals surface area contributed by atoms with Crippen molar-refractivity contribution in [1.29, 1.82) is 0 Å². The van der Waals surface area contributed by atoms with Crippen LogP contribution in [0.1, 0.15) is 27.9 Å². The molecule has 1 N–H and O–H groups in total. The number of methoxy groups -OCH3 is 1. The standard InChI is InChI=1S/C26H24N2O7/c1-17-7-10-19(11-8-17)35-14-13-27-21-6-4-3-5-20(21)26(31,25(27)30)16-23(29)18-9-12-24(34-2)22(15-18)28(32)33/h3-12,15,31H,13-14,16H2,1-2H3. The van der Waals surface area contributed by atoms with Gasteiger partial charge in [0.1, 0.15) is 12.4 Å². The number of carbonyl (C=O) groups excluding carboxylic acids is 2. The van der Waals surface area contributed by atoms with Gasteiger partial charge in [0.15, 0.2) is 17.1 Å². The average Bonchev–Trinajstić information content (AvgIpc) is 3.06. The molecule has 0 aliphatic carbocycles. The van der Waals surface area contributed by atoms with Crippen LogP contribution < -0.4 is 14.4 Å². The molecular weight excluding hydrogens is 452 g/mol. The summed E-state index contributed by atoms with van der Waals surface area (Å²) in [5.74, 6) is -0.601. The van der Waals surface area contributed by atoms with Crippen molar-refractivity contribution in [2.24, 2.45) is 0 Å². The molecular formula is C26H24N2O7. The molecule has 0 fully saturated rings. The van der Waals surface area contributed by atoms with Crippen LogP contribution >= 0.6 is 0 Å². The first-order valence-electron chi connectivity index (χ1n) is 10.9. The van der Waals surface area contributed by atoms with Gasteiger partial charge in [0, 0.05) is 17.2 Å².